The van der Waals surface area contributed by atoms with E-state index in [9.17, 15) is 4.79 Å². The number of aromatic nitrogens is 2. The number of hydrogen-bond donors (Lipinski definition) is 0. The van der Waals surface area contributed by atoms with E-state index in [1.807, 2.05) is 37.3 Å². The smallest absolute Gasteiger partial charge is 0.259 e. The maximum Gasteiger partial charge on any atom is 0.259 e. The molecule has 1 fully saturated rings. The summed E-state index contributed by atoms with van der Waals surface area (Å²) in [5.74, 6) is 1.07. The maximum atomic E-state index is 13.2. The molecule has 1 saturated carbocycles. The lowest BCUT2D eigenvalue weighted by Gasteiger charge is -2.18. The van der Waals surface area contributed by atoms with Gasteiger partial charge in [-0.05, 0) is 50.1 Å². The summed E-state index contributed by atoms with van der Waals surface area (Å²) in [5.41, 5.74) is 3.40. The van der Waals surface area contributed by atoms with Gasteiger partial charge in [0, 0.05) is 24.3 Å². The number of carbonyl (C=O) groups excluding carboxylic acids is 1. The van der Waals surface area contributed by atoms with E-state index in [1.165, 1.54) is 0 Å². The zero-order chi connectivity index (χ0) is 17.6. The zero-order valence-electron chi connectivity index (χ0n) is 14.4. The fourth-order valence-corrected chi connectivity index (χ4v) is 2.97. The molecule has 0 N–H and O–H groups in total. The summed E-state index contributed by atoms with van der Waals surface area (Å²) >= 11 is 0. The molecule has 1 aliphatic rings. The lowest BCUT2D eigenvalue weighted by atomic mass is 10.1. The van der Waals surface area contributed by atoms with Crippen molar-refractivity contribution < 1.29 is 14.1 Å². The minimum absolute atomic E-state index is 0.106. The lowest BCUT2D eigenvalue weighted by Crippen LogP contribution is -2.26. The summed E-state index contributed by atoms with van der Waals surface area (Å²) in [6, 6.07) is 9.28. The largest absolute Gasteiger partial charge is 0.497 e. The van der Waals surface area contributed by atoms with Gasteiger partial charge in [0.25, 0.3) is 11.6 Å². The summed E-state index contributed by atoms with van der Waals surface area (Å²) in [6.07, 6.45) is 2.21. The molecule has 6 nitrogen and oxygen atoms in total. The van der Waals surface area contributed by atoms with Crippen LogP contribution in [-0.2, 0) is 0 Å². The predicted octanol–water partition coefficient (Wildman–Crippen LogP) is 3.69. The first-order valence-corrected chi connectivity index (χ1v) is 8.27. The van der Waals surface area contributed by atoms with Gasteiger partial charge in [0.15, 0.2) is 0 Å². The second kappa shape index (κ2) is 5.88. The summed E-state index contributed by atoms with van der Waals surface area (Å²) in [7, 11) is 3.38. The predicted molar refractivity (Wildman–Crippen MR) is 94.2 cm³/mol. The monoisotopic (exact) mass is 337 g/mol. The van der Waals surface area contributed by atoms with Crippen LogP contribution in [0.4, 0.5) is 5.69 Å². The third-order valence-corrected chi connectivity index (χ3v) is 4.63. The molecule has 2 aromatic heterocycles. The highest BCUT2D eigenvalue weighted by molar-refractivity contribution is 6.13. The van der Waals surface area contributed by atoms with Crippen LogP contribution in [0.15, 0.2) is 34.9 Å². The van der Waals surface area contributed by atoms with Gasteiger partial charge in [-0.25, -0.2) is 4.98 Å². The van der Waals surface area contributed by atoms with Gasteiger partial charge in [-0.2, -0.15) is 0 Å². The molecular formula is C19H19N3O3. The van der Waals surface area contributed by atoms with E-state index in [4.69, 9.17) is 9.26 Å². The van der Waals surface area contributed by atoms with E-state index < -0.39 is 0 Å². The normalized spacial score (nSPS) is 13.9. The van der Waals surface area contributed by atoms with E-state index in [0.717, 1.165) is 30.0 Å². The molecule has 0 radical (unpaired) electrons. The number of aryl methyl sites for hydroxylation is 1. The van der Waals surface area contributed by atoms with Gasteiger partial charge in [-0.3, -0.25) is 4.79 Å². The summed E-state index contributed by atoms with van der Waals surface area (Å²) in [4.78, 5) is 19.3. The molecule has 6 heteroatoms. The summed E-state index contributed by atoms with van der Waals surface area (Å²) in [6.45, 7) is 1.83. The van der Waals surface area contributed by atoms with E-state index in [-0.39, 0.29) is 5.91 Å². The number of hydrogen-bond acceptors (Lipinski definition) is 5. The SMILES string of the molecule is COc1ccc(N(C)C(=O)c2cc(C3CC3)nc3onc(C)c23)cc1. The first-order valence-electron chi connectivity index (χ1n) is 8.27. The van der Waals surface area contributed by atoms with Crippen LogP contribution >= 0.6 is 0 Å². The number of nitrogens with zero attached hydrogens (tertiary/aromatic N) is 3. The number of ether oxygens (including phenoxy) is 1. The highest BCUT2D eigenvalue weighted by Gasteiger charge is 2.29. The highest BCUT2D eigenvalue weighted by atomic mass is 16.5. The molecule has 0 aliphatic heterocycles. The third kappa shape index (κ3) is 2.73. The maximum absolute atomic E-state index is 13.2. The van der Waals surface area contributed by atoms with Gasteiger partial charge in [0.05, 0.1) is 23.8 Å². The molecule has 1 amide bonds. The number of anilines is 1. The van der Waals surface area contributed by atoms with E-state index in [1.54, 1.807) is 19.1 Å². The minimum Gasteiger partial charge on any atom is -0.497 e. The molecule has 0 unspecified atom stereocenters. The number of methoxy groups -OCH3 is 1. The minimum atomic E-state index is -0.106. The summed E-state index contributed by atoms with van der Waals surface area (Å²) in [5, 5.41) is 4.68. The van der Waals surface area contributed by atoms with Crippen LogP contribution in [0.2, 0.25) is 0 Å². The Kier molecular flexibility index (Phi) is 3.67. The van der Waals surface area contributed by atoms with Crippen LogP contribution in [0.3, 0.4) is 0 Å². The molecule has 0 bridgehead atoms. The molecule has 3 aromatic rings. The van der Waals surface area contributed by atoms with Gasteiger partial charge < -0.3 is 14.2 Å². The molecule has 1 aromatic carbocycles. The Morgan fingerprint density at radius 1 is 1.28 bits per heavy atom. The highest BCUT2D eigenvalue weighted by Crippen LogP contribution is 2.40. The molecule has 0 atom stereocenters. The zero-order valence-corrected chi connectivity index (χ0v) is 14.4. The van der Waals surface area contributed by atoms with Crippen LogP contribution in [0, 0.1) is 6.92 Å². The molecule has 2 heterocycles. The molecule has 4 rings (SSSR count). The van der Waals surface area contributed by atoms with Gasteiger partial charge in [-0.1, -0.05) is 5.16 Å². The molecule has 1 aliphatic carbocycles. The second-order valence-electron chi connectivity index (χ2n) is 6.38. The third-order valence-electron chi connectivity index (χ3n) is 4.63. The average Bonchev–Trinajstić information content (AvgIpc) is 3.43. The van der Waals surface area contributed by atoms with Crippen molar-refractivity contribution in [2.75, 3.05) is 19.1 Å². The molecule has 0 spiro atoms. The van der Waals surface area contributed by atoms with Crippen LogP contribution in [-0.4, -0.2) is 30.2 Å². The van der Waals surface area contributed by atoms with Gasteiger partial charge >= 0.3 is 0 Å². The average molecular weight is 337 g/mol. The van der Waals surface area contributed by atoms with Gasteiger partial charge in [0.2, 0.25) is 0 Å². The number of carbonyl (C=O) groups is 1. The van der Waals surface area contributed by atoms with Gasteiger partial charge in [0.1, 0.15) is 5.75 Å². The molecular weight excluding hydrogens is 318 g/mol. The number of benzene rings is 1. The van der Waals surface area contributed by atoms with Crippen molar-refractivity contribution in [3.63, 3.8) is 0 Å². The van der Waals surface area contributed by atoms with Gasteiger partial charge in [-0.15, -0.1) is 0 Å². The van der Waals surface area contributed by atoms with E-state index in [2.05, 4.69) is 10.1 Å². The van der Waals surface area contributed by atoms with E-state index >= 15 is 0 Å². The quantitative estimate of drug-likeness (QED) is 0.726. The lowest BCUT2D eigenvalue weighted by molar-refractivity contribution is 0.0994. The van der Waals surface area contributed by atoms with Crippen molar-refractivity contribution in [2.45, 2.75) is 25.7 Å². The Bertz CT molecular complexity index is 942. The topological polar surface area (TPSA) is 68.5 Å². The van der Waals surface area contributed by atoms with Crippen molar-refractivity contribution in [3.8, 4) is 5.75 Å². The van der Waals surface area contributed by atoms with E-state index in [0.29, 0.717) is 28.3 Å². The number of fused-ring (bicyclic) bond motifs is 1. The van der Waals surface area contributed by atoms with Crippen LogP contribution < -0.4 is 9.64 Å². The molecule has 128 valence electrons. The number of rotatable bonds is 4. The van der Waals surface area contributed by atoms with Crippen molar-refractivity contribution in [3.05, 3.63) is 47.3 Å². The summed E-state index contributed by atoms with van der Waals surface area (Å²) < 4.78 is 10.5. The molecule has 0 saturated heterocycles. The standard InChI is InChI=1S/C19H19N3O3/c1-11-17-15(10-16(12-4-5-12)20-18(17)25-21-11)19(23)22(2)13-6-8-14(24-3)9-7-13/h6-10,12H,4-5H2,1-3H3. The Hall–Kier alpha value is -2.89. The number of amides is 1. The molecule has 25 heavy (non-hydrogen) atoms. The Morgan fingerprint density at radius 3 is 2.64 bits per heavy atom. The Morgan fingerprint density at radius 2 is 2.00 bits per heavy atom. The second-order valence-corrected chi connectivity index (χ2v) is 6.38. The number of pyridine rings is 1. The van der Waals surface area contributed by atoms with Crippen molar-refractivity contribution >= 4 is 22.7 Å². The van der Waals surface area contributed by atoms with Crippen LogP contribution in [0.1, 0.15) is 40.5 Å². The fraction of sp³-hybridized carbons (Fsp3) is 0.316. The van der Waals surface area contributed by atoms with Crippen LogP contribution in [0.25, 0.3) is 11.1 Å². The fourth-order valence-electron chi connectivity index (χ4n) is 2.97. The first-order chi connectivity index (χ1) is 12.1. The van der Waals surface area contributed by atoms with Crippen molar-refractivity contribution in [2.24, 2.45) is 0 Å². The van der Waals surface area contributed by atoms with Crippen molar-refractivity contribution in [1.82, 2.24) is 10.1 Å². The Balaban J connectivity index is 1.76. The van der Waals surface area contributed by atoms with Crippen LogP contribution in [0.5, 0.6) is 5.75 Å². The Labute approximate surface area is 145 Å². The van der Waals surface area contributed by atoms with Crippen molar-refractivity contribution in [1.29, 1.82) is 0 Å². The first kappa shape index (κ1) is 15.6.